The maximum Gasteiger partial charge on any atom is 0.146 e. The molecule has 6 heteroatoms. The van der Waals surface area contributed by atoms with Crippen LogP contribution in [0.4, 0.5) is 0 Å². The van der Waals surface area contributed by atoms with Crippen molar-refractivity contribution < 1.29 is 9.26 Å². The molecular weight excluding hydrogens is 473 g/mol. The van der Waals surface area contributed by atoms with Gasteiger partial charge in [0.05, 0.1) is 15.6 Å². The van der Waals surface area contributed by atoms with Gasteiger partial charge in [-0.25, -0.2) is 0 Å². The Morgan fingerprint density at radius 2 is 1.64 bits per heavy atom. The second kappa shape index (κ2) is 10.3. The minimum Gasteiger partial charge on any atom is -0.489 e. The number of nitrogens with zero attached hydrogens (tertiary/aromatic N) is 1. The minimum atomic E-state index is 0.139. The summed E-state index contributed by atoms with van der Waals surface area (Å²) in [5.41, 5.74) is 5.76. The van der Waals surface area contributed by atoms with Gasteiger partial charge in [0.2, 0.25) is 0 Å². The van der Waals surface area contributed by atoms with Gasteiger partial charge in [-0.15, -0.1) is 11.8 Å². The predicted molar refractivity (Wildman–Crippen MR) is 139 cm³/mol. The van der Waals surface area contributed by atoms with Crippen LogP contribution in [0.3, 0.4) is 0 Å². The number of halogens is 2. The zero-order valence-electron chi connectivity index (χ0n) is 19.0. The molecule has 0 unspecified atom stereocenters. The number of aromatic nitrogens is 1. The van der Waals surface area contributed by atoms with Gasteiger partial charge in [0.1, 0.15) is 23.8 Å². The molecule has 0 aliphatic heterocycles. The van der Waals surface area contributed by atoms with E-state index in [4.69, 9.17) is 32.5 Å². The summed E-state index contributed by atoms with van der Waals surface area (Å²) in [7, 11) is 0. The number of rotatable bonds is 7. The molecule has 3 nitrogen and oxygen atoms in total. The molecule has 0 amide bonds. The highest BCUT2D eigenvalue weighted by atomic mass is 35.5. The van der Waals surface area contributed by atoms with E-state index in [1.165, 1.54) is 16.0 Å². The van der Waals surface area contributed by atoms with E-state index in [-0.39, 0.29) is 5.92 Å². The number of hydrogen-bond acceptors (Lipinski definition) is 4. The monoisotopic (exact) mass is 497 g/mol. The average Bonchev–Trinajstić information content (AvgIpc) is 3.22. The molecule has 170 valence electrons. The van der Waals surface area contributed by atoms with E-state index in [0.29, 0.717) is 27.9 Å². The van der Waals surface area contributed by atoms with Gasteiger partial charge in [-0.1, -0.05) is 72.5 Å². The van der Waals surface area contributed by atoms with Crippen molar-refractivity contribution in [2.45, 2.75) is 38.2 Å². The Kier molecular flexibility index (Phi) is 7.38. The maximum absolute atomic E-state index is 6.44. The summed E-state index contributed by atoms with van der Waals surface area (Å²) in [4.78, 5) is 1.28. The van der Waals surface area contributed by atoms with Gasteiger partial charge >= 0.3 is 0 Å². The Bertz CT molecular complexity index is 1250. The van der Waals surface area contributed by atoms with Crippen LogP contribution in [0.5, 0.6) is 5.75 Å². The van der Waals surface area contributed by atoms with Gasteiger partial charge in [-0.3, -0.25) is 0 Å². The SMILES string of the molecule is CSc1cc(-c2ccc(OCc3c(-c4c(Cl)cccc4Cl)noc3C(C)C)cc2)ccc1C. The van der Waals surface area contributed by atoms with Crippen LogP contribution in [-0.2, 0) is 6.61 Å². The van der Waals surface area contributed by atoms with Crippen LogP contribution in [0, 0.1) is 6.92 Å². The lowest BCUT2D eigenvalue weighted by Gasteiger charge is -2.11. The molecule has 0 bridgehead atoms. The van der Waals surface area contributed by atoms with Gasteiger partial charge < -0.3 is 9.26 Å². The molecule has 0 aliphatic carbocycles. The fraction of sp³-hybridized carbons (Fsp3) is 0.222. The first kappa shape index (κ1) is 23.7. The van der Waals surface area contributed by atoms with Crippen molar-refractivity contribution in [3.05, 3.63) is 87.6 Å². The molecule has 33 heavy (non-hydrogen) atoms. The molecular formula is C27H25Cl2NO2S. The van der Waals surface area contributed by atoms with Crippen LogP contribution in [0.2, 0.25) is 10.0 Å². The van der Waals surface area contributed by atoms with Crippen molar-refractivity contribution >= 4 is 35.0 Å². The predicted octanol–water partition coefficient (Wildman–Crippen LogP) is 9.05. The second-order valence-electron chi connectivity index (χ2n) is 8.12. The first-order valence-electron chi connectivity index (χ1n) is 10.7. The smallest absolute Gasteiger partial charge is 0.146 e. The van der Waals surface area contributed by atoms with Gasteiger partial charge in [-0.2, -0.15) is 0 Å². The Morgan fingerprint density at radius 1 is 0.970 bits per heavy atom. The van der Waals surface area contributed by atoms with E-state index in [2.05, 4.69) is 62.5 Å². The third kappa shape index (κ3) is 5.08. The van der Waals surface area contributed by atoms with E-state index in [9.17, 15) is 0 Å². The van der Waals surface area contributed by atoms with Crippen molar-refractivity contribution in [1.82, 2.24) is 5.16 Å². The quantitative estimate of drug-likeness (QED) is 0.238. The summed E-state index contributed by atoms with van der Waals surface area (Å²) in [5, 5.41) is 5.35. The highest BCUT2D eigenvalue weighted by molar-refractivity contribution is 7.98. The summed E-state index contributed by atoms with van der Waals surface area (Å²) in [6.45, 7) is 6.55. The fourth-order valence-electron chi connectivity index (χ4n) is 3.73. The Labute approximate surface area is 209 Å². The lowest BCUT2D eigenvalue weighted by Crippen LogP contribution is -2.01. The first-order valence-corrected chi connectivity index (χ1v) is 12.7. The molecule has 0 atom stereocenters. The van der Waals surface area contributed by atoms with Gasteiger partial charge in [-0.05, 0) is 60.2 Å². The molecule has 0 fully saturated rings. The Balaban J connectivity index is 1.59. The van der Waals surface area contributed by atoms with Crippen molar-refractivity contribution in [3.63, 3.8) is 0 Å². The van der Waals surface area contributed by atoms with Crippen molar-refractivity contribution in [1.29, 1.82) is 0 Å². The molecule has 0 radical (unpaired) electrons. The van der Waals surface area contributed by atoms with E-state index in [1.54, 1.807) is 23.9 Å². The maximum atomic E-state index is 6.44. The van der Waals surface area contributed by atoms with Crippen LogP contribution < -0.4 is 4.74 Å². The lowest BCUT2D eigenvalue weighted by molar-refractivity contribution is 0.298. The van der Waals surface area contributed by atoms with Crippen LogP contribution >= 0.6 is 35.0 Å². The average molecular weight is 498 g/mol. The summed E-state index contributed by atoms with van der Waals surface area (Å²) in [6, 6.07) is 20.1. The summed E-state index contributed by atoms with van der Waals surface area (Å²) >= 11 is 14.6. The fourth-order valence-corrected chi connectivity index (χ4v) is 4.95. The van der Waals surface area contributed by atoms with Gasteiger partial charge in [0.25, 0.3) is 0 Å². The van der Waals surface area contributed by atoms with E-state index < -0.39 is 0 Å². The van der Waals surface area contributed by atoms with Crippen LogP contribution in [-0.4, -0.2) is 11.4 Å². The van der Waals surface area contributed by atoms with Crippen molar-refractivity contribution in [2.75, 3.05) is 6.26 Å². The largest absolute Gasteiger partial charge is 0.489 e. The molecule has 0 spiro atoms. The zero-order valence-corrected chi connectivity index (χ0v) is 21.3. The number of ether oxygens (including phenoxy) is 1. The molecule has 3 aromatic carbocycles. The molecule has 0 saturated heterocycles. The first-order chi connectivity index (χ1) is 15.9. The normalized spacial score (nSPS) is 11.2. The van der Waals surface area contributed by atoms with E-state index >= 15 is 0 Å². The Morgan fingerprint density at radius 3 is 2.27 bits per heavy atom. The molecule has 1 heterocycles. The molecule has 1 aromatic heterocycles. The van der Waals surface area contributed by atoms with Gasteiger partial charge in [0, 0.05) is 16.4 Å². The third-order valence-electron chi connectivity index (χ3n) is 5.52. The molecule has 0 N–H and O–H groups in total. The van der Waals surface area contributed by atoms with Crippen LogP contribution in [0.25, 0.3) is 22.4 Å². The molecule has 0 saturated carbocycles. The van der Waals surface area contributed by atoms with Crippen molar-refractivity contribution in [3.8, 4) is 28.1 Å². The molecule has 4 rings (SSSR count). The number of hydrogen-bond donors (Lipinski definition) is 0. The van der Waals surface area contributed by atoms with Crippen LogP contribution in [0.1, 0.15) is 36.7 Å². The van der Waals surface area contributed by atoms with E-state index in [1.807, 2.05) is 18.2 Å². The minimum absolute atomic E-state index is 0.139. The standard InChI is InChI=1S/C27H25Cl2NO2S/c1-16(2)27-21(26(30-32-27)25-22(28)6-5-7-23(25)29)15-31-20-12-10-18(11-13-20)19-9-8-17(3)24(14-19)33-4/h5-14,16H,15H2,1-4H3. The second-order valence-corrected chi connectivity index (χ2v) is 9.79. The highest BCUT2D eigenvalue weighted by Gasteiger charge is 2.23. The number of thioether (sulfide) groups is 1. The summed E-state index contributed by atoms with van der Waals surface area (Å²) in [5.74, 6) is 1.67. The topological polar surface area (TPSA) is 35.3 Å². The number of benzene rings is 3. The lowest BCUT2D eigenvalue weighted by atomic mass is 10.0. The van der Waals surface area contributed by atoms with Gasteiger partial charge in [0.15, 0.2) is 0 Å². The van der Waals surface area contributed by atoms with E-state index in [0.717, 1.165) is 22.6 Å². The number of aryl methyl sites for hydroxylation is 1. The third-order valence-corrected chi connectivity index (χ3v) is 7.03. The highest BCUT2D eigenvalue weighted by Crippen LogP contribution is 2.39. The molecule has 0 aliphatic rings. The van der Waals surface area contributed by atoms with Crippen LogP contribution in [0.15, 0.2) is 70.1 Å². The van der Waals surface area contributed by atoms with Crippen molar-refractivity contribution in [2.24, 2.45) is 0 Å². The Hall–Kier alpha value is -2.40. The summed E-state index contributed by atoms with van der Waals surface area (Å²) < 4.78 is 11.8. The summed E-state index contributed by atoms with van der Waals surface area (Å²) in [6.07, 6.45) is 2.10. The molecule has 4 aromatic rings. The zero-order chi connectivity index (χ0) is 23.5.